The molecule has 0 saturated heterocycles. The maximum atomic E-state index is 12.1. The molecule has 0 aliphatic rings. The van der Waals surface area contributed by atoms with Gasteiger partial charge in [-0.15, -0.1) is 0 Å². The number of carbonyl (C=O) groups excluding carboxylic acids is 1. The minimum absolute atomic E-state index is 0.296. The van der Waals surface area contributed by atoms with Crippen LogP contribution in [0.3, 0.4) is 0 Å². The monoisotopic (exact) mass is 393 g/mol. The Morgan fingerprint density at radius 3 is 1.97 bits per heavy atom. The van der Waals surface area contributed by atoms with Gasteiger partial charge in [0.05, 0.1) is 32.3 Å². The third-order valence-corrected chi connectivity index (χ3v) is 4.47. The molecule has 2 aromatic rings. The smallest absolute Gasteiger partial charge is 0.308 e. The molecule has 0 aromatic heterocycles. The Bertz CT molecular complexity index is 877. The summed E-state index contributed by atoms with van der Waals surface area (Å²) in [6, 6.07) is 17.5. The zero-order chi connectivity index (χ0) is 21.2. The van der Waals surface area contributed by atoms with Crippen LogP contribution in [0.4, 0.5) is 0 Å². The number of nitriles is 1. The number of ether oxygens (including phenoxy) is 3. The van der Waals surface area contributed by atoms with Gasteiger partial charge in [-0.25, -0.2) is 0 Å². The lowest BCUT2D eigenvalue weighted by molar-refractivity contribution is -0.147. The van der Waals surface area contributed by atoms with Gasteiger partial charge < -0.3 is 14.2 Å². The summed E-state index contributed by atoms with van der Waals surface area (Å²) in [7, 11) is 1.61. The van der Waals surface area contributed by atoms with Gasteiger partial charge in [0.15, 0.2) is 0 Å². The van der Waals surface area contributed by atoms with Gasteiger partial charge in [-0.1, -0.05) is 31.2 Å². The van der Waals surface area contributed by atoms with Crippen LogP contribution in [0.1, 0.15) is 38.3 Å². The van der Waals surface area contributed by atoms with E-state index in [0.29, 0.717) is 25.2 Å². The maximum absolute atomic E-state index is 12.1. The lowest BCUT2D eigenvalue weighted by Crippen LogP contribution is -2.15. The third-order valence-electron chi connectivity index (χ3n) is 4.47. The molecule has 1 unspecified atom stereocenters. The molecule has 29 heavy (non-hydrogen) atoms. The summed E-state index contributed by atoms with van der Waals surface area (Å²) in [5, 5.41) is 9.91. The van der Waals surface area contributed by atoms with E-state index < -0.39 is 5.92 Å². The molecule has 152 valence electrons. The second-order valence-corrected chi connectivity index (χ2v) is 6.51. The third kappa shape index (κ3) is 5.86. The number of esters is 1. The molecule has 0 aliphatic heterocycles. The molecule has 0 fully saturated rings. The summed E-state index contributed by atoms with van der Waals surface area (Å²) < 4.78 is 15.9. The van der Waals surface area contributed by atoms with Crippen LogP contribution in [0.5, 0.6) is 11.5 Å². The quantitative estimate of drug-likeness (QED) is 0.442. The van der Waals surface area contributed by atoms with Gasteiger partial charge >= 0.3 is 5.97 Å². The molecule has 5 nitrogen and oxygen atoms in total. The first-order chi connectivity index (χ1) is 14.0. The zero-order valence-corrected chi connectivity index (χ0v) is 17.4. The predicted molar refractivity (Wildman–Crippen MR) is 113 cm³/mol. The SMILES string of the molecule is CCOC(=O)C(C)C/C(C#N)=C(/c1ccc(OC)cc1)c1ccc(OCC)cc1. The van der Waals surface area contributed by atoms with Crippen LogP contribution >= 0.6 is 0 Å². The van der Waals surface area contributed by atoms with Crippen molar-refractivity contribution in [2.24, 2.45) is 5.92 Å². The van der Waals surface area contributed by atoms with Crippen LogP contribution < -0.4 is 9.47 Å². The molecule has 2 aromatic carbocycles. The minimum atomic E-state index is -0.416. The summed E-state index contributed by atoms with van der Waals surface area (Å²) in [6.07, 6.45) is 0.296. The molecule has 0 N–H and O–H groups in total. The summed E-state index contributed by atoms with van der Waals surface area (Å²) in [5.41, 5.74) is 3.07. The van der Waals surface area contributed by atoms with Crippen LogP contribution in [-0.2, 0) is 9.53 Å². The first-order valence-electron chi connectivity index (χ1n) is 9.71. The Hall–Kier alpha value is -3.26. The highest BCUT2D eigenvalue weighted by Gasteiger charge is 2.20. The van der Waals surface area contributed by atoms with E-state index in [1.165, 1.54) is 0 Å². The number of rotatable bonds is 9. The van der Waals surface area contributed by atoms with Crippen molar-refractivity contribution in [3.8, 4) is 17.6 Å². The van der Waals surface area contributed by atoms with Crippen molar-refractivity contribution in [2.75, 3.05) is 20.3 Å². The average molecular weight is 393 g/mol. The normalized spacial score (nSPS) is 12.4. The number of hydrogen-bond donors (Lipinski definition) is 0. The van der Waals surface area contributed by atoms with Gasteiger partial charge in [0.1, 0.15) is 11.5 Å². The Kier molecular flexibility index (Phi) is 8.29. The van der Waals surface area contributed by atoms with E-state index in [9.17, 15) is 10.1 Å². The fourth-order valence-corrected chi connectivity index (χ4v) is 3.03. The molecule has 0 saturated carbocycles. The lowest BCUT2D eigenvalue weighted by atomic mass is 9.89. The van der Waals surface area contributed by atoms with Crippen molar-refractivity contribution in [3.05, 3.63) is 65.2 Å². The van der Waals surface area contributed by atoms with Gasteiger partial charge in [-0.3, -0.25) is 4.79 Å². The number of methoxy groups -OCH3 is 1. The number of carbonyl (C=O) groups is 1. The molecule has 0 bridgehead atoms. The second-order valence-electron chi connectivity index (χ2n) is 6.51. The Balaban J connectivity index is 2.52. The number of allylic oxidation sites excluding steroid dienone is 1. The summed E-state index contributed by atoms with van der Waals surface area (Å²) in [4.78, 5) is 12.1. The highest BCUT2D eigenvalue weighted by molar-refractivity contribution is 5.85. The van der Waals surface area contributed by atoms with Gasteiger partial charge in [-0.2, -0.15) is 5.26 Å². The predicted octanol–water partition coefficient (Wildman–Crippen LogP) is 5.01. The van der Waals surface area contributed by atoms with E-state index in [-0.39, 0.29) is 5.97 Å². The Morgan fingerprint density at radius 2 is 1.52 bits per heavy atom. The van der Waals surface area contributed by atoms with Gasteiger partial charge in [-0.05, 0) is 55.7 Å². The lowest BCUT2D eigenvalue weighted by Gasteiger charge is -2.16. The molecule has 0 spiro atoms. The van der Waals surface area contributed by atoms with Crippen LogP contribution in [-0.4, -0.2) is 26.3 Å². The van der Waals surface area contributed by atoms with Gasteiger partial charge in [0.2, 0.25) is 0 Å². The number of nitrogens with zero attached hydrogens (tertiary/aromatic N) is 1. The van der Waals surface area contributed by atoms with Crippen LogP contribution in [0, 0.1) is 17.2 Å². The van der Waals surface area contributed by atoms with Crippen LogP contribution in [0.15, 0.2) is 54.1 Å². The molecular weight excluding hydrogens is 366 g/mol. The summed E-state index contributed by atoms with van der Waals surface area (Å²) in [5.74, 6) is 0.781. The maximum Gasteiger partial charge on any atom is 0.308 e. The highest BCUT2D eigenvalue weighted by Crippen LogP contribution is 2.32. The fourth-order valence-electron chi connectivity index (χ4n) is 3.03. The molecule has 5 heteroatoms. The van der Waals surface area contributed by atoms with Gasteiger partial charge in [0, 0.05) is 11.1 Å². The van der Waals surface area contributed by atoms with Crippen molar-refractivity contribution in [1.82, 2.24) is 0 Å². The minimum Gasteiger partial charge on any atom is -0.497 e. The van der Waals surface area contributed by atoms with E-state index in [0.717, 1.165) is 28.2 Å². The fraction of sp³-hybridized carbons (Fsp3) is 0.333. The van der Waals surface area contributed by atoms with E-state index in [1.54, 1.807) is 21.0 Å². The molecule has 2 rings (SSSR count). The van der Waals surface area contributed by atoms with Crippen molar-refractivity contribution in [2.45, 2.75) is 27.2 Å². The topological polar surface area (TPSA) is 68.6 Å². The number of hydrogen-bond acceptors (Lipinski definition) is 5. The van der Waals surface area contributed by atoms with Crippen molar-refractivity contribution in [3.63, 3.8) is 0 Å². The van der Waals surface area contributed by atoms with E-state index in [2.05, 4.69) is 6.07 Å². The van der Waals surface area contributed by atoms with E-state index in [1.807, 2.05) is 55.5 Å². The molecule has 1 atom stereocenters. The van der Waals surface area contributed by atoms with Crippen molar-refractivity contribution >= 4 is 11.5 Å². The summed E-state index contributed by atoms with van der Waals surface area (Å²) in [6.45, 7) is 6.38. The van der Waals surface area contributed by atoms with Crippen LogP contribution in [0.25, 0.3) is 5.57 Å². The molecule has 0 radical (unpaired) electrons. The zero-order valence-electron chi connectivity index (χ0n) is 17.4. The van der Waals surface area contributed by atoms with E-state index in [4.69, 9.17) is 14.2 Å². The molecule has 0 heterocycles. The van der Waals surface area contributed by atoms with E-state index >= 15 is 0 Å². The second kappa shape index (κ2) is 10.9. The van der Waals surface area contributed by atoms with Crippen molar-refractivity contribution < 1.29 is 19.0 Å². The van der Waals surface area contributed by atoms with Gasteiger partial charge in [0.25, 0.3) is 0 Å². The molecule has 0 aliphatic carbocycles. The van der Waals surface area contributed by atoms with Crippen molar-refractivity contribution in [1.29, 1.82) is 5.26 Å². The Labute approximate surface area is 172 Å². The summed E-state index contributed by atoms with van der Waals surface area (Å²) >= 11 is 0. The average Bonchev–Trinajstić information content (AvgIpc) is 2.75. The van der Waals surface area contributed by atoms with Crippen LogP contribution in [0.2, 0.25) is 0 Å². The molecular formula is C24H27NO4. The number of benzene rings is 2. The first kappa shape index (κ1) is 22.0. The highest BCUT2D eigenvalue weighted by atomic mass is 16.5. The Morgan fingerprint density at radius 1 is 0.966 bits per heavy atom. The standard InChI is InChI=1S/C24H27NO4/c1-5-28-22-13-9-19(10-14-22)23(18-7-11-21(27-4)12-8-18)20(16-25)15-17(3)24(26)29-6-2/h7-14,17H,5-6,15H2,1-4H3/b23-20+. The first-order valence-corrected chi connectivity index (χ1v) is 9.71. The largest absolute Gasteiger partial charge is 0.497 e. The molecule has 0 amide bonds.